The Morgan fingerprint density at radius 2 is 0.830 bits per heavy atom. The van der Waals surface area contributed by atoms with Crippen LogP contribution in [0.3, 0.4) is 0 Å². The topological polar surface area (TPSA) is 0 Å². The molecule has 0 nitrogen and oxygen atoms in total. The van der Waals surface area contributed by atoms with Crippen LogP contribution < -0.4 is 0 Å². The molecule has 1 heteroatoms. The third-order valence-corrected chi connectivity index (χ3v) is 10.0. The maximum Gasteiger partial charge on any atom is -0.0771 e. The number of hydrogen-bond acceptors (Lipinski definition) is 0. The van der Waals surface area contributed by atoms with Crippen LogP contribution in [0.2, 0.25) is 0 Å². The summed E-state index contributed by atoms with van der Waals surface area (Å²) in [5.41, 5.74) is 6.63. The van der Waals surface area contributed by atoms with E-state index in [4.69, 9.17) is 0 Å². The van der Waals surface area contributed by atoms with Crippen LogP contribution in [0.15, 0.2) is 188 Å². The van der Waals surface area contributed by atoms with E-state index >= 15 is 0 Å². The van der Waals surface area contributed by atoms with Crippen molar-refractivity contribution in [3.8, 4) is 11.1 Å². The van der Waals surface area contributed by atoms with Gasteiger partial charge in [-0.25, -0.2) is 0 Å². The molecule has 9 aromatic carbocycles. The predicted octanol–water partition coefficient (Wildman–Crippen LogP) is 12.2. The monoisotopic (exact) mass is 676 g/mol. The van der Waals surface area contributed by atoms with Crippen molar-refractivity contribution < 1.29 is 24.2 Å². The average molecular weight is 678 g/mol. The predicted molar refractivity (Wildman–Crippen MR) is 200 cm³/mol. The van der Waals surface area contributed by atoms with Crippen molar-refractivity contribution in [3.63, 3.8) is 0 Å². The maximum absolute atomic E-state index is 2.28. The summed E-state index contributed by atoms with van der Waals surface area (Å²) in [7, 11) is 0. The molecule has 9 rings (SSSR count). The van der Waals surface area contributed by atoms with Gasteiger partial charge in [0.25, 0.3) is 0 Å². The molecule has 0 fully saturated rings. The van der Waals surface area contributed by atoms with Gasteiger partial charge in [-0.05, 0) is 16.3 Å². The molecule has 0 aliphatic rings. The molecule has 0 unspecified atom stereocenters. The standard InChI is InChI=1S/C20H15.C13H9.C13H10.Zr/c1-14-12-16-8-5-11-19(20(16)13-14)18-10-4-7-15-6-2-3-9-17(15)18;1-3-7-12-10(5-1)9-11-6-2-4-8-13(11)12;1-3-7-12(8-4-1)11-13-9-5-2-6-10-13;/h2-13H,1H3;1-9H;1-10H;/q2*-1;;+2. The zero-order chi connectivity index (χ0) is 32.0. The second-order valence-electron chi connectivity index (χ2n) is 11.8. The fraction of sp³-hybridized carbons (Fsp3) is 0.0217. The zero-order valence-corrected chi connectivity index (χ0v) is 28.9. The van der Waals surface area contributed by atoms with Crippen molar-refractivity contribution >= 4 is 46.3 Å². The minimum Gasteiger partial charge on any atom is -0.126 e. The largest absolute Gasteiger partial charge is 0.126 e. The minimum absolute atomic E-state index is 1.30. The van der Waals surface area contributed by atoms with Crippen LogP contribution in [0.1, 0.15) is 16.7 Å². The summed E-state index contributed by atoms with van der Waals surface area (Å²) in [6.45, 7) is 2.16. The van der Waals surface area contributed by atoms with Crippen LogP contribution in [0, 0.1) is 6.92 Å². The van der Waals surface area contributed by atoms with Gasteiger partial charge < -0.3 is 0 Å². The van der Waals surface area contributed by atoms with Gasteiger partial charge in [-0.3, -0.25) is 0 Å². The third-order valence-electron chi connectivity index (χ3n) is 8.62. The Hall–Kier alpha value is -4.97. The van der Waals surface area contributed by atoms with E-state index in [-0.39, 0.29) is 0 Å². The molecule has 0 bridgehead atoms. The van der Waals surface area contributed by atoms with Crippen molar-refractivity contribution in [2.45, 2.75) is 6.92 Å². The van der Waals surface area contributed by atoms with E-state index < -0.39 is 0 Å². The summed E-state index contributed by atoms with van der Waals surface area (Å²) in [5, 5.41) is 10.7. The molecule has 0 radical (unpaired) electrons. The summed E-state index contributed by atoms with van der Waals surface area (Å²) in [6.07, 6.45) is 0. The summed E-state index contributed by atoms with van der Waals surface area (Å²) < 4.78 is 1.42. The van der Waals surface area contributed by atoms with Crippen molar-refractivity contribution in [2.75, 3.05) is 0 Å². The third kappa shape index (κ3) is 6.78. The van der Waals surface area contributed by atoms with Gasteiger partial charge in [0.15, 0.2) is 0 Å². The van der Waals surface area contributed by atoms with Crippen LogP contribution in [0.4, 0.5) is 0 Å². The van der Waals surface area contributed by atoms with Gasteiger partial charge in [-0.1, -0.05) is 97.4 Å². The number of benzene rings is 7. The Morgan fingerprint density at radius 1 is 0.404 bits per heavy atom. The molecule has 0 aliphatic heterocycles. The Labute approximate surface area is 291 Å². The van der Waals surface area contributed by atoms with Gasteiger partial charge in [-0.2, -0.15) is 6.07 Å². The molecule has 0 saturated heterocycles. The normalized spacial score (nSPS) is 10.8. The Kier molecular flexibility index (Phi) is 9.27. The summed E-state index contributed by atoms with van der Waals surface area (Å²) >= 11 is 1.46. The van der Waals surface area contributed by atoms with Crippen molar-refractivity contribution in [2.24, 2.45) is 0 Å². The van der Waals surface area contributed by atoms with E-state index in [2.05, 4.69) is 195 Å². The quantitative estimate of drug-likeness (QED) is 0.163. The average Bonchev–Trinajstić information content (AvgIpc) is 3.72. The molecule has 0 spiro atoms. The first-order valence-electron chi connectivity index (χ1n) is 16.0. The Balaban J connectivity index is 0.000000116. The number of hydrogen-bond donors (Lipinski definition) is 0. The van der Waals surface area contributed by atoms with Gasteiger partial charge in [-0.15, -0.1) is 74.3 Å². The Bertz CT molecular complexity index is 2330. The second-order valence-corrected chi connectivity index (χ2v) is 13.0. The molecule has 0 aromatic heterocycles. The van der Waals surface area contributed by atoms with E-state index in [1.807, 2.05) is 0 Å². The molecule has 0 atom stereocenters. The van der Waals surface area contributed by atoms with Gasteiger partial charge in [0, 0.05) is 0 Å². The van der Waals surface area contributed by atoms with Gasteiger partial charge in [0.05, 0.1) is 0 Å². The number of fused-ring (bicyclic) bond motifs is 5. The molecule has 0 saturated carbocycles. The van der Waals surface area contributed by atoms with E-state index in [1.54, 1.807) is 0 Å². The van der Waals surface area contributed by atoms with Gasteiger partial charge >= 0.3 is 99.2 Å². The first kappa shape index (κ1) is 30.7. The first-order valence-corrected chi connectivity index (χ1v) is 17.3. The van der Waals surface area contributed by atoms with E-state index in [0.717, 1.165) is 0 Å². The van der Waals surface area contributed by atoms with E-state index in [9.17, 15) is 0 Å². The van der Waals surface area contributed by atoms with Crippen molar-refractivity contribution in [1.29, 1.82) is 0 Å². The van der Waals surface area contributed by atoms with Crippen LogP contribution in [0.5, 0.6) is 0 Å². The molecule has 0 N–H and O–H groups in total. The molecule has 0 aliphatic carbocycles. The van der Waals surface area contributed by atoms with Gasteiger partial charge in [0.1, 0.15) is 0 Å². The summed E-state index contributed by atoms with van der Waals surface area (Å²) in [4.78, 5) is 0. The van der Waals surface area contributed by atoms with Gasteiger partial charge in [0.2, 0.25) is 0 Å². The van der Waals surface area contributed by atoms with E-state index in [1.165, 1.54) is 98.3 Å². The van der Waals surface area contributed by atoms with E-state index in [0.29, 0.717) is 0 Å². The number of aryl methyl sites for hydroxylation is 1. The second kappa shape index (κ2) is 14.2. The Morgan fingerprint density at radius 3 is 1.45 bits per heavy atom. The maximum atomic E-state index is 2.28. The van der Waals surface area contributed by atoms with Crippen LogP contribution >= 0.6 is 0 Å². The smallest absolute Gasteiger partial charge is 0.0771 e. The molecule has 47 heavy (non-hydrogen) atoms. The molecule has 0 amide bonds. The molecule has 9 aromatic rings. The molecular formula is C46H34Zr. The van der Waals surface area contributed by atoms with Crippen LogP contribution in [-0.4, -0.2) is 3.21 Å². The fourth-order valence-corrected chi connectivity index (χ4v) is 7.18. The molecule has 222 valence electrons. The van der Waals surface area contributed by atoms with Crippen LogP contribution in [-0.2, 0) is 24.2 Å². The van der Waals surface area contributed by atoms with Crippen LogP contribution in [0.25, 0.3) is 54.2 Å². The minimum atomic E-state index is 1.30. The summed E-state index contributed by atoms with van der Waals surface area (Å²) in [6, 6.07) is 66.6. The number of rotatable bonds is 3. The summed E-state index contributed by atoms with van der Waals surface area (Å²) in [5.74, 6) is 0. The van der Waals surface area contributed by atoms with Crippen molar-refractivity contribution in [3.05, 3.63) is 205 Å². The SMILES string of the molecule is Cc1cc2c(-c3cccc4ccccc34)cccc2[cH-]1.[Zr+2]=[C](c1ccccc1)c1ccccc1.c1ccc2c(c1)[cH-]c1ccccc12. The molecule has 0 heterocycles. The zero-order valence-electron chi connectivity index (χ0n) is 26.4. The first-order chi connectivity index (χ1) is 23.2. The molecular weight excluding hydrogens is 644 g/mol. The van der Waals surface area contributed by atoms with Crippen molar-refractivity contribution in [1.82, 2.24) is 0 Å². The fourth-order valence-electron chi connectivity index (χ4n) is 6.36.